The molecule has 0 aromatic carbocycles. The van der Waals surface area contributed by atoms with Crippen LogP contribution < -0.4 is 38.9 Å². The molecule has 0 aliphatic heterocycles. The molecule has 0 aliphatic rings. The second-order valence-corrected chi connectivity index (χ2v) is 7.70. The van der Waals surface area contributed by atoms with E-state index in [4.69, 9.17) is 38.3 Å². The van der Waals surface area contributed by atoms with Gasteiger partial charge in [-0.2, -0.15) is 0 Å². The highest BCUT2D eigenvalue weighted by molar-refractivity contribution is 5.94. The number of nitrogens with two attached hydrogens (primary N) is 4. The van der Waals surface area contributed by atoms with Gasteiger partial charge in [0.25, 0.3) is 0 Å². The van der Waals surface area contributed by atoms with Gasteiger partial charge < -0.3 is 54.2 Å². The van der Waals surface area contributed by atoms with E-state index in [2.05, 4.69) is 20.9 Å². The Kier molecular flexibility index (Phi) is 14.8. The molecule has 0 rings (SSSR count). The van der Waals surface area contributed by atoms with Crippen LogP contribution >= 0.6 is 0 Å². The van der Waals surface area contributed by atoms with E-state index in [9.17, 15) is 28.8 Å². The Hall–Kier alpha value is -3.99. The van der Waals surface area contributed by atoms with E-state index in [0.29, 0.717) is 0 Å². The molecule has 0 saturated carbocycles. The van der Waals surface area contributed by atoms with E-state index in [0.717, 1.165) is 0 Å². The number of rotatable bonds is 18. The summed E-state index contributed by atoms with van der Waals surface area (Å²) in [6, 6.07) is -5.65. The maximum atomic E-state index is 12.9. The molecule has 0 bridgehead atoms. The number of amides is 4. The molecule has 17 heteroatoms. The minimum absolute atomic E-state index is 0.0687. The summed E-state index contributed by atoms with van der Waals surface area (Å²) in [5.41, 5.74) is 21.2. The van der Waals surface area contributed by atoms with Gasteiger partial charge in [0.15, 0.2) is 5.96 Å². The van der Waals surface area contributed by atoms with Gasteiger partial charge in [-0.25, -0.2) is 4.79 Å². The summed E-state index contributed by atoms with van der Waals surface area (Å²) < 4.78 is 0. The SMILES string of the molecule is NC(=O)CCC(NC(=O)C(N)CCC(=O)O)C(=O)NC(CCCN=C(N)N)C(=O)NC(CO)C(=O)O. The van der Waals surface area contributed by atoms with Crippen LogP contribution in [0.2, 0.25) is 0 Å². The third-order valence-electron chi connectivity index (χ3n) is 4.69. The number of carboxylic acid groups (broad SMARTS) is 2. The van der Waals surface area contributed by atoms with Crippen molar-refractivity contribution in [3.8, 4) is 0 Å². The number of guanidine groups is 1. The molecule has 204 valence electrons. The number of primary amides is 1. The van der Waals surface area contributed by atoms with Crippen molar-refractivity contribution < 1.29 is 44.1 Å². The average molecular weight is 519 g/mol. The molecule has 0 aromatic heterocycles. The number of carboxylic acids is 2. The minimum Gasteiger partial charge on any atom is -0.481 e. The summed E-state index contributed by atoms with van der Waals surface area (Å²) in [4.78, 5) is 74.6. The highest BCUT2D eigenvalue weighted by Crippen LogP contribution is 2.05. The third kappa shape index (κ3) is 13.7. The number of carbonyl (C=O) groups is 6. The van der Waals surface area contributed by atoms with Gasteiger partial charge in [-0.15, -0.1) is 0 Å². The van der Waals surface area contributed by atoms with Crippen LogP contribution in [-0.4, -0.2) is 94.2 Å². The Balaban J connectivity index is 5.58. The number of nitrogens with zero attached hydrogens (tertiary/aromatic N) is 1. The number of carbonyl (C=O) groups excluding carboxylic acids is 4. The largest absolute Gasteiger partial charge is 0.481 e. The Morgan fingerprint density at radius 2 is 1.28 bits per heavy atom. The summed E-state index contributed by atoms with van der Waals surface area (Å²) in [6.45, 7) is -0.841. The fourth-order valence-electron chi connectivity index (χ4n) is 2.75. The standard InChI is InChI=1S/C19H34N8O9/c20-9(3-6-14(30)31)15(32)25-11(4-5-13(21)29)17(34)26-10(2-1-7-24-19(22)23)16(33)27-12(8-28)18(35)36/h9-12,28H,1-8,20H2,(H2,21,29)(H,25,32)(H,26,34)(H,27,33)(H,30,31)(H,35,36)(H4,22,23,24). The number of aliphatic hydroxyl groups is 1. The van der Waals surface area contributed by atoms with Crippen LogP contribution in [0.1, 0.15) is 38.5 Å². The minimum atomic E-state index is -1.65. The first kappa shape index (κ1) is 32.0. The van der Waals surface area contributed by atoms with E-state index in [1.165, 1.54) is 0 Å². The highest BCUT2D eigenvalue weighted by Gasteiger charge is 2.30. The summed E-state index contributed by atoms with van der Waals surface area (Å²) in [7, 11) is 0. The number of nitrogens with one attached hydrogen (secondary N) is 3. The lowest BCUT2D eigenvalue weighted by Gasteiger charge is -2.24. The van der Waals surface area contributed by atoms with Crippen molar-refractivity contribution in [2.45, 2.75) is 62.7 Å². The van der Waals surface area contributed by atoms with E-state index >= 15 is 0 Å². The van der Waals surface area contributed by atoms with Crippen molar-refractivity contribution in [1.82, 2.24) is 16.0 Å². The van der Waals surface area contributed by atoms with Gasteiger partial charge in [0, 0.05) is 19.4 Å². The van der Waals surface area contributed by atoms with Crippen LogP contribution in [0.4, 0.5) is 0 Å². The molecule has 0 aromatic rings. The zero-order valence-corrected chi connectivity index (χ0v) is 19.5. The Morgan fingerprint density at radius 3 is 1.75 bits per heavy atom. The van der Waals surface area contributed by atoms with Crippen LogP contribution in [0.15, 0.2) is 4.99 Å². The zero-order valence-electron chi connectivity index (χ0n) is 19.5. The predicted octanol–water partition coefficient (Wildman–Crippen LogP) is -4.97. The molecule has 0 radical (unpaired) electrons. The molecule has 0 spiro atoms. The van der Waals surface area contributed by atoms with Gasteiger partial charge in [-0.1, -0.05) is 0 Å². The van der Waals surface area contributed by atoms with Crippen LogP contribution in [-0.2, 0) is 28.8 Å². The average Bonchev–Trinajstić information content (AvgIpc) is 2.79. The second kappa shape index (κ2) is 16.6. The van der Waals surface area contributed by atoms with E-state index < -0.39 is 72.8 Å². The van der Waals surface area contributed by atoms with Crippen molar-refractivity contribution >= 4 is 41.5 Å². The first-order valence-corrected chi connectivity index (χ1v) is 10.8. The lowest BCUT2D eigenvalue weighted by Crippen LogP contribution is -2.57. The van der Waals surface area contributed by atoms with Crippen molar-refractivity contribution in [2.24, 2.45) is 27.9 Å². The molecule has 36 heavy (non-hydrogen) atoms. The molecule has 0 aliphatic carbocycles. The lowest BCUT2D eigenvalue weighted by molar-refractivity contribution is -0.143. The Labute approximate surface area is 206 Å². The van der Waals surface area contributed by atoms with Gasteiger partial charge in [-0.3, -0.25) is 29.0 Å². The molecule has 17 nitrogen and oxygen atoms in total. The Morgan fingerprint density at radius 1 is 0.750 bits per heavy atom. The summed E-state index contributed by atoms with van der Waals surface area (Å²) in [5.74, 6) is -6.44. The topological polar surface area (TPSA) is 316 Å². The molecule has 0 saturated heterocycles. The molecule has 0 heterocycles. The van der Waals surface area contributed by atoms with Crippen molar-refractivity contribution in [3.63, 3.8) is 0 Å². The van der Waals surface area contributed by atoms with Gasteiger partial charge >= 0.3 is 11.9 Å². The molecule has 4 atom stereocenters. The molecule has 4 amide bonds. The molecule has 14 N–H and O–H groups in total. The summed E-state index contributed by atoms with van der Waals surface area (Å²) >= 11 is 0. The van der Waals surface area contributed by atoms with Gasteiger partial charge in [0.1, 0.15) is 18.1 Å². The van der Waals surface area contributed by atoms with Crippen LogP contribution in [0.3, 0.4) is 0 Å². The Bertz CT molecular complexity index is 832. The molecular formula is C19H34N8O9. The molecule has 4 unspecified atom stereocenters. The van der Waals surface area contributed by atoms with E-state index in [1.807, 2.05) is 0 Å². The second-order valence-electron chi connectivity index (χ2n) is 7.70. The molecule has 0 fully saturated rings. The van der Waals surface area contributed by atoms with Gasteiger partial charge in [0.2, 0.25) is 23.6 Å². The van der Waals surface area contributed by atoms with Crippen molar-refractivity contribution in [1.29, 1.82) is 0 Å². The normalized spacial score (nSPS) is 13.8. The monoisotopic (exact) mass is 518 g/mol. The summed E-state index contributed by atoms with van der Waals surface area (Å²) in [6.07, 6.45) is -1.11. The number of hydrogen-bond donors (Lipinski definition) is 10. The maximum Gasteiger partial charge on any atom is 0.328 e. The highest BCUT2D eigenvalue weighted by atomic mass is 16.4. The first-order chi connectivity index (χ1) is 16.8. The quantitative estimate of drug-likeness (QED) is 0.0463. The summed E-state index contributed by atoms with van der Waals surface area (Å²) in [5, 5.41) is 33.7. The number of aliphatic hydroxyl groups excluding tert-OH is 1. The maximum absolute atomic E-state index is 12.9. The van der Waals surface area contributed by atoms with Gasteiger partial charge in [0.05, 0.1) is 12.6 Å². The fourth-order valence-corrected chi connectivity index (χ4v) is 2.75. The first-order valence-electron chi connectivity index (χ1n) is 10.8. The van der Waals surface area contributed by atoms with Crippen LogP contribution in [0, 0.1) is 0 Å². The van der Waals surface area contributed by atoms with Crippen LogP contribution in [0.25, 0.3) is 0 Å². The smallest absolute Gasteiger partial charge is 0.328 e. The fraction of sp³-hybridized carbons (Fsp3) is 0.632. The van der Waals surface area contributed by atoms with E-state index in [1.54, 1.807) is 0 Å². The number of aliphatic imine (C=N–C) groups is 1. The molecular weight excluding hydrogens is 484 g/mol. The van der Waals surface area contributed by atoms with Crippen molar-refractivity contribution in [3.05, 3.63) is 0 Å². The third-order valence-corrected chi connectivity index (χ3v) is 4.69. The van der Waals surface area contributed by atoms with E-state index in [-0.39, 0.29) is 44.6 Å². The number of aliphatic carboxylic acids is 2. The van der Waals surface area contributed by atoms with Crippen molar-refractivity contribution in [2.75, 3.05) is 13.2 Å². The van der Waals surface area contributed by atoms with Crippen LogP contribution in [0.5, 0.6) is 0 Å². The number of hydrogen-bond acceptors (Lipinski definition) is 9. The lowest BCUT2D eigenvalue weighted by atomic mass is 10.1. The van der Waals surface area contributed by atoms with Gasteiger partial charge in [-0.05, 0) is 25.7 Å². The zero-order chi connectivity index (χ0) is 27.8. The predicted molar refractivity (Wildman–Crippen MR) is 124 cm³/mol.